The molecule has 0 spiro atoms. The molecule has 0 unspecified atom stereocenters. The summed E-state index contributed by atoms with van der Waals surface area (Å²) in [5.41, 5.74) is 0. The fourth-order valence-corrected chi connectivity index (χ4v) is 0.850. The lowest BCUT2D eigenvalue weighted by atomic mass is 10.3. The minimum atomic E-state index is -1.19. The van der Waals surface area contributed by atoms with Crippen LogP contribution in [0.2, 0.25) is 0 Å². The van der Waals surface area contributed by atoms with Crippen LogP contribution in [0.3, 0.4) is 0 Å². The van der Waals surface area contributed by atoms with Crippen LogP contribution in [0.4, 0.5) is 4.79 Å². The maximum absolute atomic E-state index is 11.0. The first-order valence-corrected chi connectivity index (χ1v) is 4.88. The summed E-state index contributed by atoms with van der Waals surface area (Å²) >= 11 is 0. The molecule has 0 aromatic rings. The average molecular weight is 260 g/mol. The third kappa shape index (κ3) is 8.83. The highest BCUT2D eigenvalue weighted by molar-refractivity contribution is 6.02. The van der Waals surface area contributed by atoms with Crippen molar-refractivity contribution in [1.82, 2.24) is 10.6 Å². The van der Waals surface area contributed by atoms with E-state index in [4.69, 9.17) is 10.2 Å². The Hall–Kier alpha value is -2.45. The molecule has 0 rings (SSSR count). The van der Waals surface area contributed by atoms with Crippen LogP contribution in [0.1, 0.15) is 25.7 Å². The number of carbonyl (C=O) groups excluding carboxylic acids is 3. The van der Waals surface area contributed by atoms with E-state index < -0.39 is 55.5 Å². The summed E-state index contributed by atoms with van der Waals surface area (Å²) in [6, 6.07) is -1.11. The van der Waals surface area contributed by atoms with E-state index in [0.717, 1.165) is 0 Å². The summed E-state index contributed by atoms with van der Waals surface area (Å²) in [4.78, 5) is 53.2. The van der Waals surface area contributed by atoms with Gasteiger partial charge in [-0.3, -0.25) is 29.8 Å². The summed E-state index contributed by atoms with van der Waals surface area (Å²) in [7, 11) is 0. The second-order valence-corrected chi connectivity index (χ2v) is 3.21. The van der Waals surface area contributed by atoms with Crippen LogP contribution in [-0.2, 0) is 19.2 Å². The van der Waals surface area contributed by atoms with Crippen LogP contribution in [0, 0.1) is 0 Å². The normalized spacial score (nSPS) is 9.33. The molecular weight excluding hydrogens is 248 g/mol. The Morgan fingerprint density at radius 3 is 1.28 bits per heavy atom. The van der Waals surface area contributed by atoms with Crippen molar-refractivity contribution in [3.05, 3.63) is 0 Å². The maximum Gasteiger partial charge on any atom is 0.328 e. The van der Waals surface area contributed by atoms with E-state index in [-0.39, 0.29) is 0 Å². The van der Waals surface area contributed by atoms with Crippen LogP contribution < -0.4 is 10.6 Å². The predicted octanol–water partition coefficient (Wildman–Crippen LogP) is -0.932. The minimum Gasteiger partial charge on any atom is -0.481 e. The first kappa shape index (κ1) is 15.6. The number of rotatable bonds is 6. The number of urea groups is 1. The fourth-order valence-electron chi connectivity index (χ4n) is 0.850. The third-order valence-corrected chi connectivity index (χ3v) is 1.64. The van der Waals surface area contributed by atoms with Crippen molar-refractivity contribution < 1.29 is 34.2 Å². The number of aliphatic carboxylic acids is 2. The number of carbonyl (C=O) groups is 5. The van der Waals surface area contributed by atoms with Crippen LogP contribution >= 0.6 is 0 Å². The highest BCUT2D eigenvalue weighted by Gasteiger charge is 2.13. The summed E-state index contributed by atoms with van der Waals surface area (Å²) in [6.07, 6.45) is -1.67. The monoisotopic (exact) mass is 260 g/mol. The Labute approximate surface area is 101 Å². The SMILES string of the molecule is O=C(O)CCC(=O)NC(=O)NC(=O)CCC(=O)O. The lowest BCUT2D eigenvalue weighted by Crippen LogP contribution is -2.42. The molecular formula is C9H12N2O7. The number of carboxylic acid groups (broad SMARTS) is 2. The molecule has 0 aliphatic rings. The molecule has 0 aliphatic carbocycles. The summed E-state index contributed by atoms with van der Waals surface area (Å²) in [5.74, 6) is -4.08. The van der Waals surface area contributed by atoms with Gasteiger partial charge in [0.15, 0.2) is 0 Å². The second-order valence-electron chi connectivity index (χ2n) is 3.21. The summed E-state index contributed by atoms with van der Waals surface area (Å²) in [6.45, 7) is 0. The molecule has 4 amide bonds. The number of imide groups is 2. The number of hydrogen-bond acceptors (Lipinski definition) is 5. The van der Waals surface area contributed by atoms with Crippen molar-refractivity contribution in [1.29, 1.82) is 0 Å². The van der Waals surface area contributed by atoms with E-state index in [1.54, 1.807) is 10.6 Å². The molecule has 0 aromatic carbocycles. The van der Waals surface area contributed by atoms with Gasteiger partial charge in [0, 0.05) is 12.8 Å². The van der Waals surface area contributed by atoms with Crippen molar-refractivity contribution in [3.8, 4) is 0 Å². The second kappa shape index (κ2) is 7.76. The van der Waals surface area contributed by atoms with Crippen molar-refractivity contribution in [2.24, 2.45) is 0 Å². The van der Waals surface area contributed by atoms with E-state index in [1.807, 2.05) is 0 Å². The van der Waals surface area contributed by atoms with Gasteiger partial charge in [0.05, 0.1) is 12.8 Å². The average Bonchev–Trinajstić information content (AvgIpc) is 2.23. The molecule has 9 nitrogen and oxygen atoms in total. The molecule has 0 fully saturated rings. The number of nitrogens with one attached hydrogen (secondary N) is 2. The van der Waals surface area contributed by atoms with E-state index in [9.17, 15) is 24.0 Å². The lowest BCUT2D eigenvalue weighted by molar-refractivity contribution is -0.139. The predicted molar refractivity (Wildman–Crippen MR) is 55.4 cm³/mol. The molecule has 0 aromatic heterocycles. The summed E-state index contributed by atoms with van der Waals surface area (Å²) < 4.78 is 0. The quantitative estimate of drug-likeness (QED) is 0.481. The standard InChI is InChI=1S/C9H12N2O7/c12-5(1-3-7(14)15)10-9(18)11-6(13)2-4-8(16)17/h1-4H2,(H,14,15)(H,16,17)(H2,10,11,12,13,18). The van der Waals surface area contributed by atoms with Gasteiger partial charge >= 0.3 is 18.0 Å². The van der Waals surface area contributed by atoms with Crippen molar-refractivity contribution in [3.63, 3.8) is 0 Å². The lowest BCUT2D eigenvalue weighted by Gasteiger charge is -2.04. The Balaban J connectivity index is 3.89. The van der Waals surface area contributed by atoms with E-state index in [1.165, 1.54) is 0 Å². The third-order valence-electron chi connectivity index (χ3n) is 1.64. The number of carboxylic acids is 2. The molecule has 0 radical (unpaired) electrons. The van der Waals surface area contributed by atoms with Gasteiger partial charge in [-0.25, -0.2) is 4.79 Å². The molecule has 18 heavy (non-hydrogen) atoms. The first-order chi connectivity index (χ1) is 8.31. The van der Waals surface area contributed by atoms with Gasteiger partial charge in [-0.05, 0) is 0 Å². The van der Waals surface area contributed by atoms with Crippen molar-refractivity contribution in [2.75, 3.05) is 0 Å². The molecule has 0 heterocycles. The zero-order valence-corrected chi connectivity index (χ0v) is 9.26. The van der Waals surface area contributed by atoms with E-state index in [0.29, 0.717) is 0 Å². The van der Waals surface area contributed by atoms with Gasteiger partial charge in [0.1, 0.15) is 0 Å². The Morgan fingerprint density at radius 2 is 1.00 bits per heavy atom. The molecule has 9 heteroatoms. The molecule has 100 valence electrons. The van der Waals surface area contributed by atoms with Crippen LogP contribution in [0.5, 0.6) is 0 Å². The fraction of sp³-hybridized carbons (Fsp3) is 0.444. The van der Waals surface area contributed by atoms with E-state index >= 15 is 0 Å². The Morgan fingerprint density at radius 1 is 0.667 bits per heavy atom. The number of amides is 4. The van der Waals surface area contributed by atoms with Crippen LogP contribution in [0.15, 0.2) is 0 Å². The van der Waals surface area contributed by atoms with Crippen LogP contribution in [0.25, 0.3) is 0 Å². The molecule has 0 aliphatic heterocycles. The largest absolute Gasteiger partial charge is 0.481 e. The molecule has 4 N–H and O–H groups in total. The Kier molecular flexibility index (Phi) is 6.71. The van der Waals surface area contributed by atoms with Gasteiger partial charge in [0.2, 0.25) is 11.8 Å². The molecule has 0 saturated heterocycles. The smallest absolute Gasteiger partial charge is 0.328 e. The zero-order valence-electron chi connectivity index (χ0n) is 9.26. The van der Waals surface area contributed by atoms with Crippen molar-refractivity contribution >= 4 is 29.8 Å². The highest BCUT2D eigenvalue weighted by Crippen LogP contribution is 1.90. The topological polar surface area (TPSA) is 150 Å². The Bertz CT molecular complexity index is 343. The van der Waals surface area contributed by atoms with Gasteiger partial charge in [-0.15, -0.1) is 0 Å². The first-order valence-electron chi connectivity index (χ1n) is 4.88. The van der Waals surface area contributed by atoms with Gasteiger partial charge in [-0.1, -0.05) is 0 Å². The maximum atomic E-state index is 11.0. The summed E-state index contributed by atoms with van der Waals surface area (Å²) in [5, 5.41) is 20.0. The highest BCUT2D eigenvalue weighted by atomic mass is 16.4. The minimum absolute atomic E-state index is 0.397. The van der Waals surface area contributed by atoms with Gasteiger partial charge in [-0.2, -0.15) is 0 Å². The van der Waals surface area contributed by atoms with Gasteiger partial charge < -0.3 is 10.2 Å². The van der Waals surface area contributed by atoms with E-state index in [2.05, 4.69) is 0 Å². The molecule has 0 bridgehead atoms. The zero-order chi connectivity index (χ0) is 14.1. The molecule has 0 saturated carbocycles. The molecule has 0 atom stereocenters. The van der Waals surface area contributed by atoms with Crippen LogP contribution in [-0.4, -0.2) is 40.0 Å². The van der Waals surface area contributed by atoms with Crippen molar-refractivity contribution in [2.45, 2.75) is 25.7 Å². The number of hydrogen-bond donors (Lipinski definition) is 4. The van der Waals surface area contributed by atoms with Gasteiger partial charge in [0.25, 0.3) is 0 Å².